The largest absolute Gasteiger partial charge is 0.352 e. The molecule has 25 heavy (non-hydrogen) atoms. The van der Waals surface area contributed by atoms with Crippen molar-refractivity contribution in [2.45, 2.75) is 64.1 Å². The summed E-state index contributed by atoms with van der Waals surface area (Å²) in [7, 11) is 0. The Morgan fingerprint density at radius 2 is 1.84 bits per heavy atom. The second-order valence-corrected chi connectivity index (χ2v) is 8.07. The van der Waals surface area contributed by atoms with E-state index in [1.165, 1.54) is 16.0 Å². The van der Waals surface area contributed by atoms with Crippen molar-refractivity contribution in [1.82, 2.24) is 10.6 Å². The molecule has 134 valence electrons. The van der Waals surface area contributed by atoms with E-state index in [-0.39, 0.29) is 18.0 Å². The summed E-state index contributed by atoms with van der Waals surface area (Å²) >= 11 is 1.73. The smallest absolute Gasteiger partial charge is 0.237 e. The van der Waals surface area contributed by atoms with Crippen LogP contribution in [0.1, 0.15) is 68.0 Å². The molecule has 1 aromatic heterocycles. The lowest BCUT2D eigenvalue weighted by molar-refractivity contribution is -0.123. The van der Waals surface area contributed by atoms with Crippen LogP contribution < -0.4 is 10.6 Å². The summed E-state index contributed by atoms with van der Waals surface area (Å²) in [4.78, 5) is 13.6. The molecule has 1 heterocycles. The van der Waals surface area contributed by atoms with E-state index in [4.69, 9.17) is 0 Å². The van der Waals surface area contributed by atoms with E-state index in [1.54, 1.807) is 11.3 Å². The summed E-state index contributed by atoms with van der Waals surface area (Å²) < 4.78 is 0. The van der Waals surface area contributed by atoms with E-state index in [0.717, 1.165) is 19.3 Å². The van der Waals surface area contributed by atoms with Crippen LogP contribution in [0, 0.1) is 0 Å². The Balaban J connectivity index is 1.76. The third kappa shape index (κ3) is 4.71. The minimum atomic E-state index is -0.220. The van der Waals surface area contributed by atoms with Crippen molar-refractivity contribution in [3.8, 4) is 0 Å². The fourth-order valence-electron chi connectivity index (χ4n) is 2.93. The standard InChI is InChI=1S/C21H28N2OS/c1-4-14(2)16-7-9-17(10-8-16)20(19-6-5-13-25-19)22-15(3)21(24)23-18-11-12-18/h5-10,13-15,18,20,22H,4,11-12H2,1-3H3,(H,23,24)/t14-,15-,20+/m0/s1. The van der Waals surface area contributed by atoms with Crippen LogP contribution in [0.3, 0.4) is 0 Å². The first kappa shape index (κ1) is 18.2. The number of nitrogens with one attached hydrogen (secondary N) is 2. The Morgan fingerprint density at radius 1 is 1.16 bits per heavy atom. The van der Waals surface area contributed by atoms with Gasteiger partial charge in [0.15, 0.2) is 0 Å². The Morgan fingerprint density at radius 3 is 2.40 bits per heavy atom. The SMILES string of the molecule is CC[C@H](C)c1ccc([C@@H](N[C@@H](C)C(=O)NC2CC2)c2cccs2)cc1. The highest BCUT2D eigenvalue weighted by molar-refractivity contribution is 7.10. The Kier molecular flexibility index (Phi) is 5.92. The Labute approximate surface area is 154 Å². The fraction of sp³-hybridized carbons (Fsp3) is 0.476. The highest BCUT2D eigenvalue weighted by Crippen LogP contribution is 2.28. The molecule has 1 aliphatic carbocycles. The number of carbonyl (C=O) groups is 1. The molecule has 3 rings (SSSR count). The molecule has 1 fully saturated rings. The molecular formula is C21H28N2OS. The molecule has 0 unspecified atom stereocenters. The second kappa shape index (κ2) is 8.15. The van der Waals surface area contributed by atoms with Gasteiger partial charge in [0.2, 0.25) is 5.91 Å². The van der Waals surface area contributed by atoms with Gasteiger partial charge >= 0.3 is 0 Å². The Bertz CT molecular complexity index is 676. The van der Waals surface area contributed by atoms with Gasteiger partial charge in [0, 0.05) is 10.9 Å². The zero-order valence-electron chi connectivity index (χ0n) is 15.3. The minimum Gasteiger partial charge on any atom is -0.352 e. The number of rotatable bonds is 8. The molecular weight excluding hydrogens is 328 g/mol. The lowest BCUT2D eigenvalue weighted by Gasteiger charge is -2.23. The molecule has 0 spiro atoms. The molecule has 0 bridgehead atoms. The van der Waals surface area contributed by atoms with Crippen molar-refractivity contribution < 1.29 is 4.79 Å². The summed E-state index contributed by atoms with van der Waals surface area (Å²) in [6.07, 6.45) is 3.37. The molecule has 0 saturated heterocycles. The third-order valence-corrected chi connectivity index (χ3v) is 5.95. The maximum Gasteiger partial charge on any atom is 0.237 e. The zero-order chi connectivity index (χ0) is 17.8. The van der Waals surface area contributed by atoms with Crippen LogP contribution in [0.4, 0.5) is 0 Å². The lowest BCUT2D eigenvalue weighted by atomic mass is 9.95. The van der Waals surface area contributed by atoms with Crippen molar-refractivity contribution in [3.63, 3.8) is 0 Å². The number of carbonyl (C=O) groups excluding carboxylic acids is 1. The van der Waals surface area contributed by atoms with Crippen LogP contribution in [0.2, 0.25) is 0 Å². The monoisotopic (exact) mass is 356 g/mol. The Hall–Kier alpha value is -1.65. The molecule has 1 saturated carbocycles. The van der Waals surface area contributed by atoms with Crippen molar-refractivity contribution in [2.75, 3.05) is 0 Å². The highest BCUT2D eigenvalue weighted by atomic mass is 32.1. The van der Waals surface area contributed by atoms with E-state index in [2.05, 4.69) is 66.3 Å². The van der Waals surface area contributed by atoms with E-state index < -0.39 is 0 Å². The maximum absolute atomic E-state index is 12.3. The van der Waals surface area contributed by atoms with Crippen molar-refractivity contribution >= 4 is 17.2 Å². The van der Waals surface area contributed by atoms with Gasteiger partial charge in [-0.15, -0.1) is 11.3 Å². The van der Waals surface area contributed by atoms with Crippen LogP contribution in [-0.2, 0) is 4.79 Å². The molecule has 1 aromatic carbocycles. The molecule has 3 nitrogen and oxygen atoms in total. The van der Waals surface area contributed by atoms with Gasteiger partial charge in [0.25, 0.3) is 0 Å². The van der Waals surface area contributed by atoms with E-state index in [9.17, 15) is 4.79 Å². The number of hydrogen-bond acceptors (Lipinski definition) is 3. The van der Waals surface area contributed by atoms with Gasteiger partial charge in [-0.25, -0.2) is 0 Å². The quantitative estimate of drug-likeness (QED) is 0.725. The van der Waals surface area contributed by atoms with Gasteiger partial charge in [-0.05, 0) is 54.7 Å². The predicted octanol–water partition coefficient (Wildman–Crippen LogP) is 4.61. The summed E-state index contributed by atoms with van der Waals surface area (Å²) in [6.45, 7) is 6.43. The van der Waals surface area contributed by atoms with Crippen LogP contribution >= 0.6 is 11.3 Å². The van der Waals surface area contributed by atoms with Crippen LogP contribution in [0.25, 0.3) is 0 Å². The summed E-state index contributed by atoms with van der Waals surface area (Å²) in [5.74, 6) is 0.672. The van der Waals surface area contributed by atoms with Crippen molar-refractivity contribution in [3.05, 3.63) is 57.8 Å². The molecule has 2 aromatic rings. The van der Waals surface area contributed by atoms with Crippen molar-refractivity contribution in [1.29, 1.82) is 0 Å². The van der Waals surface area contributed by atoms with Gasteiger partial charge in [-0.1, -0.05) is 44.2 Å². The topological polar surface area (TPSA) is 41.1 Å². The molecule has 2 N–H and O–H groups in total. The first-order valence-corrected chi connectivity index (χ1v) is 10.2. The number of amides is 1. The number of hydrogen-bond donors (Lipinski definition) is 2. The average molecular weight is 357 g/mol. The third-order valence-electron chi connectivity index (χ3n) is 5.01. The van der Waals surface area contributed by atoms with Crippen LogP contribution in [0.5, 0.6) is 0 Å². The first-order chi connectivity index (χ1) is 12.1. The molecule has 0 aliphatic heterocycles. The minimum absolute atomic E-state index is 0.0472. The van der Waals surface area contributed by atoms with Crippen molar-refractivity contribution in [2.24, 2.45) is 0 Å². The lowest BCUT2D eigenvalue weighted by Crippen LogP contribution is -2.44. The molecule has 4 heteroatoms. The number of benzene rings is 1. The van der Waals surface area contributed by atoms with E-state index >= 15 is 0 Å². The summed E-state index contributed by atoms with van der Waals surface area (Å²) in [5, 5.41) is 8.71. The van der Waals surface area contributed by atoms with E-state index in [0.29, 0.717) is 12.0 Å². The van der Waals surface area contributed by atoms with Crippen LogP contribution in [0.15, 0.2) is 41.8 Å². The summed E-state index contributed by atoms with van der Waals surface area (Å²) in [6, 6.07) is 13.3. The fourth-order valence-corrected chi connectivity index (χ4v) is 3.74. The predicted molar refractivity (Wildman–Crippen MR) is 105 cm³/mol. The first-order valence-electron chi connectivity index (χ1n) is 9.28. The van der Waals surface area contributed by atoms with Gasteiger partial charge in [0.1, 0.15) is 0 Å². The maximum atomic E-state index is 12.3. The number of thiophene rings is 1. The average Bonchev–Trinajstić information content (AvgIpc) is 3.28. The summed E-state index contributed by atoms with van der Waals surface area (Å²) in [5.41, 5.74) is 2.58. The van der Waals surface area contributed by atoms with Gasteiger partial charge in [0.05, 0.1) is 12.1 Å². The van der Waals surface area contributed by atoms with Gasteiger partial charge in [-0.3, -0.25) is 10.1 Å². The van der Waals surface area contributed by atoms with Gasteiger partial charge in [-0.2, -0.15) is 0 Å². The van der Waals surface area contributed by atoms with Crippen LogP contribution in [-0.4, -0.2) is 18.0 Å². The van der Waals surface area contributed by atoms with E-state index in [1.807, 2.05) is 6.92 Å². The normalized spacial score (nSPS) is 17.7. The molecule has 0 radical (unpaired) electrons. The van der Waals surface area contributed by atoms with Gasteiger partial charge < -0.3 is 5.32 Å². The molecule has 3 atom stereocenters. The molecule has 1 amide bonds. The highest BCUT2D eigenvalue weighted by Gasteiger charge is 2.27. The molecule has 1 aliphatic rings. The zero-order valence-corrected chi connectivity index (χ0v) is 16.1. The second-order valence-electron chi connectivity index (χ2n) is 7.10.